The standard InChI is InChI=1S/C11H12F3NO3S/c1-5(16)6(2)19-9-7(10(17)18)3-4-8(15-9)11(12,13)14/h3-6,16H,1-2H3,(H,17,18). The maximum absolute atomic E-state index is 12.5. The van der Waals surface area contributed by atoms with Crippen molar-refractivity contribution >= 4 is 17.7 Å². The third kappa shape index (κ3) is 4.10. The van der Waals surface area contributed by atoms with Gasteiger partial charge in [0.15, 0.2) is 0 Å². The maximum atomic E-state index is 12.5. The summed E-state index contributed by atoms with van der Waals surface area (Å²) in [6, 6.07) is 1.50. The molecule has 0 spiro atoms. The molecule has 0 radical (unpaired) electrons. The molecule has 1 aromatic rings. The van der Waals surface area contributed by atoms with Crippen LogP contribution in [0.2, 0.25) is 0 Å². The molecule has 1 heterocycles. The van der Waals surface area contributed by atoms with Crippen molar-refractivity contribution in [3.05, 3.63) is 23.4 Å². The first kappa shape index (κ1) is 15.8. The number of carboxylic acids is 1. The van der Waals surface area contributed by atoms with Crippen LogP contribution in [0.5, 0.6) is 0 Å². The van der Waals surface area contributed by atoms with E-state index in [0.717, 1.165) is 17.8 Å². The predicted molar refractivity (Wildman–Crippen MR) is 63.2 cm³/mol. The number of aromatic carboxylic acids is 1. The van der Waals surface area contributed by atoms with Gasteiger partial charge in [0.1, 0.15) is 10.7 Å². The van der Waals surface area contributed by atoms with Gasteiger partial charge < -0.3 is 10.2 Å². The first-order valence-corrected chi connectivity index (χ1v) is 6.17. The highest BCUT2D eigenvalue weighted by Gasteiger charge is 2.34. The topological polar surface area (TPSA) is 70.4 Å². The summed E-state index contributed by atoms with van der Waals surface area (Å²) in [6.45, 7) is 3.04. The van der Waals surface area contributed by atoms with Crippen LogP contribution in [0, 0.1) is 0 Å². The van der Waals surface area contributed by atoms with Gasteiger partial charge in [-0.05, 0) is 19.1 Å². The predicted octanol–water partition coefficient (Wildman–Crippen LogP) is 2.66. The van der Waals surface area contributed by atoms with Gasteiger partial charge in [0, 0.05) is 5.25 Å². The van der Waals surface area contributed by atoms with Crippen molar-refractivity contribution in [2.24, 2.45) is 0 Å². The number of hydrogen-bond acceptors (Lipinski definition) is 4. The minimum absolute atomic E-state index is 0.254. The highest BCUT2D eigenvalue weighted by Crippen LogP contribution is 2.32. The van der Waals surface area contributed by atoms with Gasteiger partial charge in [0.25, 0.3) is 0 Å². The monoisotopic (exact) mass is 295 g/mol. The zero-order valence-electron chi connectivity index (χ0n) is 10.1. The van der Waals surface area contributed by atoms with Crippen LogP contribution in [0.1, 0.15) is 29.9 Å². The number of alkyl halides is 3. The third-order valence-corrected chi connectivity index (χ3v) is 3.66. The fraction of sp³-hybridized carbons (Fsp3) is 0.455. The average Bonchev–Trinajstić information content (AvgIpc) is 2.27. The molecule has 0 amide bonds. The first-order chi connectivity index (χ1) is 8.62. The van der Waals surface area contributed by atoms with Crippen molar-refractivity contribution in [1.29, 1.82) is 0 Å². The molecule has 0 fully saturated rings. The molecule has 19 heavy (non-hydrogen) atoms. The molecule has 0 saturated heterocycles. The van der Waals surface area contributed by atoms with Gasteiger partial charge in [-0.15, -0.1) is 0 Å². The van der Waals surface area contributed by atoms with Gasteiger partial charge in [-0.1, -0.05) is 18.7 Å². The highest BCUT2D eigenvalue weighted by atomic mass is 32.2. The van der Waals surface area contributed by atoms with E-state index in [2.05, 4.69) is 4.98 Å². The second kappa shape index (κ2) is 5.79. The number of carbonyl (C=O) groups is 1. The zero-order chi connectivity index (χ0) is 14.8. The lowest BCUT2D eigenvalue weighted by Gasteiger charge is -2.16. The summed E-state index contributed by atoms with van der Waals surface area (Å²) in [7, 11) is 0. The molecule has 2 unspecified atom stereocenters. The van der Waals surface area contributed by atoms with Gasteiger partial charge in [-0.3, -0.25) is 0 Å². The zero-order valence-corrected chi connectivity index (χ0v) is 10.9. The number of aliphatic hydroxyl groups excluding tert-OH is 1. The van der Waals surface area contributed by atoms with Gasteiger partial charge in [0.05, 0.1) is 11.7 Å². The van der Waals surface area contributed by atoms with Crippen LogP contribution < -0.4 is 0 Å². The Morgan fingerprint density at radius 2 is 1.95 bits per heavy atom. The number of aromatic nitrogens is 1. The number of halogens is 3. The second-order valence-electron chi connectivity index (χ2n) is 3.92. The number of carboxylic acid groups (broad SMARTS) is 1. The van der Waals surface area contributed by atoms with Gasteiger partial charge >= 0.3 is 12.1 Å². The third-order valence-electron chi connectivity index (χ3n) is 2.36. The average molecular weight is 295 g/mol. The fourth-order valence-corrected chi connectivity index (χ4v) is 2.11. The van der Waals surface area contributed by atoms with E-state index in [-0.39, 0.29) is 10.6 Å². The lowest BCUT2D eigenvalue weighted by atomic mass is 10.2. The Kier molecular flexibility index (Phi) is 4.81. The molecule has 0 aliphatic carbocycles. The van der Waals surface area contributed by atoms with Crippen LogP contribution in [-0.4, -0.2) is 32.5 Å². The smallest absolute Gasteiger partial charge is 0.433 e. The number of hydrogen-bond donors (Lipinski definition) is 2. The van der Waals surface area contributed by atoms with Gasteiger partial charge in [-0.2, -0.15) is 13.2 Å². The number of aliphatic hydroxyl groups is 1. The Bertz CT molecular complexity index is 477. The molecule has 0 aliphatic heterocycles. The van der Waals surface area contributed by atoms with E-state index in [1.807, 2.05) is 0 Å². The summed E-state index contributed by atoms with van der Waals surface area (Å²) in [5, 5.41) is 17.5. The Morgan fingerprint density at radius 1 is 1.37 bits per heavy atom. The maximum Gasteiger partial charge on any atom is 0.433 e. The van der Waals surface area contributed by atoms with Crippen molar-refractivity contribution in [1.82, 2.24) is 4.98 Å². The van der Waals surface area contributed by atoms with Crippen LogP contribution in [0.4, 0.5) is 13.2 Å². The Hall–Kier alpha value is -1.28. The molecular formula is C11H12F3NO3S. The molecule has 0 bridgehead atoms. The van der Waals surface area contributed by atoms with E-state index in [1.165, 1.54) is 6.92 Å². The summed E-state index contributed by atoms with van der Waals surface area (Å²) in [4.78, 5) is 14.3. The number of pyridine rings is 1. The highest BCUT2D eigenvalue weighted by molar-refractivity contribution is 8.00. The largest absolute Gasteiger partial charge is 0.478 e. The van der Waals surface area contributed by atoms with Crippen LogP contribution in [0.25, 0.3) is 0 Å². The second-order valence-corrected chi connectivity index (χ2v) is 5.28. The number of nitrogens with zero attached hydrogens (tertiary/aromatic N) is 1. The van der Waals surface area contributed by atoms with Crippen molar-refractivity contribution < 1.29 is 28.2 Å². The molecule has 1 aromatic heterocycles. The van der Waals surface area contributed by atoms with Crippen LogP contribution in [0.15, 0.2) is 17.2 Å². The van der Waals surface area contributed by atoms with Crippen LogP contribution >= 0.6 is 11.8 Å². The molecule has 106 valence electrons. The van der Waals surface area contributed by atoms with Crippen molar-refractivity contribution in [3.63, 3.8) is 0 Å². The summed E-state index contributed by atoms with van der Waals surface area (Å²) < 4.78 is 37.6. The minimum Gasteiger partial charge on any atom is -0.478 e. The van der Waals surface area contributed by atoms with E-state index >= 15 is 0 Å². The van der Waals surface area contributed by atoms with Crippen molar-refractivity contribution in [2.75, 3.05) is 0 Å². The first-order valence-electron chi connectivity index (χ1n) is 5.29. The number of rotatable bonds is 4. The molecule has 0 aliphatic rings. The van der Waals surface area contributed by atoms with Gasteiger partial charge in [-0.25, -0.2) is 9.78 Å². The molecule has 2 atom stereocenters. The van der Waals surface area contributed by atoms with Crippen molar-refractivity contribution in [3.8, 4) is 0 Å². The molecule has 1 rings (SSSR count). The summed E-state index contributed by atoms with van der Waals surface area (Å²) in [6.07, 6.45) is -5.44. The summed E-state index contributed by atoms with van der Waals surface area (Å²) >= 11 is 0.795. The quantitative estimate of drug-likeness (QED) is 0.836. The van der Waals surface area contributed by atoms with E-state index in [9.17, 15) is 23.1 Å². The lowest BCUT2D eigenvalue weighted by molar-refractivity contribution is -0.141. The fourth-order valence-electron chi connectivity index (χ4n) is 1.13. The van der Waals surface area contributed by atoms with E-state index in [4.69, 9.17) is 5.11 Å². The molecule has 0 aromatic carbocycles. The van der Waals surface area contributed by atoms with Gasteiger partial charge in [0.2, 0.25) is 0 Å². The van der Waals surface area contributed by atoms with Crippen LogP contribution in [-0.2, 0) is 6.18 Å². The van der Waals surface area contributed by atoms with Crippen LogP contribution in [0.3, 0.4) is 0 Å². The summed E-state index contributed by atoms with van der Waals surface area (Å²) in [5.74, 6) is -1.36. The molecule has 0 saturated carbocycles. The normalized spacial score (nSPS) is 15.1. The Labute approximate surface area is 111 Å². The van der Waals surface area contributed by atoms with Crippen molar-refractivity contribution in [2.45, 2.75) is 36.4 Å². The molecule has 8 heteroatoms. The Morgan fingerprint density at radius 3 is 2.37 bits per heavy atom. The van der Waals surface area contributed by atoms with E-state index in [1.54, 1.807) is 6.92 Å². The SMILES string of the molecule is CC(O)C(C)Sc1nc(C(F)(F)F)ccc1C(=O)O. The summed E-state index contributed by atoms with van der Waals surface area (Å²) in [5.41, 5.74) is -1.47. The molecular weight excluding hydrogens is 283 g/mol. The van der Waals surface area contributed by atoms with E-state index < -0.39 is 29.2 Å². The molecule has 4 nitrogen and oxygen atoms in total. The minimum atomic E-state index is -4.64. The lowest BCUT2D eigenvalue weighted by Crippen LogP contribution is -2.17. The molecule has 2 N–H and O–H groups in total. The number of thioether (sulfide) groups is 1. The Balaban J connectivity index is 3.20. The van der Waals surface area contributed by atoms with E-state index in [0.29, 0.717) is 6.07 Å².